The zero-order valence-corrected chi connectivity index (χ0v) is 34.2. The highest BCUT2D eigenvalue weighted by molar-refractivity contribution is 6.07. The van der Waals surface area contributed by atoms with Crippen LogP contribution in [0.15, 0.2) is 227 Å². The highest BCUT2D eigenvalue weighted by Gasteiger charge is 2.33. The number of benzene rings is 9. The summed E-state index contributed by atoms with van der Waals surface area (Å²) in [5.74, 6) is 1.17. The van der Waals surface area contributed by atoms with Crippen LogP contribution in [0.3, 0.4) is 0 Å². The fourth-order valence-electron chi connectivity index (χ4n) is 9.82. The van der Waals surface area contributed by atoms with Crippen molar-refractivity contribution in [3.8, 4) is 61.4 Å². The van der Waals surface area contributed by atoms with Crippen LogP contribution in [0, 0.1) is 0 Å². The van der Waals surface area contributed by atoms with Crippen LogP contribution < -0.4 is 4.74 Å². The molecule has 0 saturated heterocycles. The number of furan rings is 2. The molecule has 0 amide bonds. The lowest BCUT2D eigenvalue weighted by Gasteiger charge is -2.19. The molecule has 0 radical (unpaired) electrons. The van der Waals surface area contributed by atoms with Gasteiger partial charge < -0.3 is 13.6 Å². The summed E-state index contributed by atoms with van der Waals surface area (Å²) in [5, 5.41) is 4.51. The van der Waals surface area contributed by atoms with Crippen molar-refractivity contribution in [2.75, 3.05) is 0 Å². The second-order valence-electron chi connectivity index (χ2n) is 16.8. The summed E-state index contributed by atoms with van der Waals surface area (Å²) in [4.78, 5) is 0. The Kier molecular flexibility index (Phi) is 8.04. The van der Waals surface area contributed by atoms with Crippen LogP contribution in [0.2, 0.25) is 0 Å². The van der Waals surface area contributed by atoms with Crippen LogP contribution in [-0.2, 0) is 0 Å². The monoisotopic (exact) mass is 806 g/mol. The van der Waals surface area contributed by atoms with Gasteiger partial charge in [0.2, 0.25) is 0 Å². The number of para-hydroxylation sites is 3. The summed E-state index contributed by atoms with van der Waals surface area (Å²) in [7, 11) is 0. The Morgan fingerprint density at radius 2 is 0.746 bits per heavy atom. The lowest BCUT2D eigenvalue weighted by atomic mass is 9.86. The Bertz CT molecular complexity index is 3510. The van der Waals surface area contributed by atoms with E-state index >= 15 is 0 Å². The minimum Gasteiger partial charge on any atom is -0.485 e. The Morgan fingerprint density at radius 3 is 1.32 bits per heavy atom. The Balaban J connectivity index is 0.928. The molecule has 0 fully saturated rings. The Hall–Kier alpha value is -8.14. The second-order valence-corrected chi connectivity index (χ2v) is 16.8. The predicted molar refractivity (Wildman–Crippen MR) is 259 cm³/mol. The molecule has 2 aromatic heterocycles. The normalized spacial score (nSPS) is 15.5. The summed E-state index contributed by atoms with van der Waals surface area (Å²) in [5.41, 5.74) is 18.8. The molecule has 3 nitrogen and oxygen atoms in total. The zero-order chi connectivity index (χ0) is 41.4. The van der Waals surface area contributed by atoms with E-state index in [0.717, 1.165) is 105 Å². The number of fused-ring (bicyclic) bond motifs is 9. The maximum absolute atomic E-state index is 6.30. The van der Waals surface area contributed by atoms with E-state index in [1.54, 1.807) is 0 Å². The van der Waals surface area contributed by atoms with Gasteiger partial charge in [0.1, 0.15) is 34.2 Å². The molecule has 296 valence electrons. The van der Waals surface area contributed by atoms with Crippen molar-refractivity contribution < 1.29 is 13.6 Å². The molecule has 1 aliphatic carbocycles. The second kappa shape index (κ2) is 14.2. The number of hydrogen-bond acceptors (Lipinski definition) is 3. The van der Waals surface area contributed by atoms with Gasteiger partial charge in [-0.05, 0) is 152 Å². The van der Waals surface area contributed by atoms with Crippen LogP contribution in [0.5, 0.6) is 5.75 Å². The van der Waals surface area contributed by atoms with Crippen LogP contribution >= 0.6 is 0 Å². The average molecular weight is 807 g/mol. The maximum atomic E-state index is 6.30. The van der Waals surface area contributed by atoms with Gasteiger partial charge in [0.05, 0.1) is 0 Å². The van der Waals surface area contributed by atoms with Gasteiger partial charge in [-0.25, -0.2) is 0 Å². The van der Waals surface area contributed by atoms with Gasteiger partial charge in [-0.3, -0.25) is 0 Å². The smallest absolute Gasteiger partial charge is 0.135 e. The minimum atomic E-state index is 0.0296. The SMILES string of the molecule is C1=CC2Oc3ccccc3C2C=C1c1cccc(-c2cc(-c3cccc(-c4ccc5oc6ccccc6c5c4)c3)cc(-c3cccc(-c4ccc5oc6ccccc6c5c4)c3)c2)c1. The molecule has 9 aromatic carbocycles. The van der Waals surface area contributed by atoms with Crippen LogP contribution in [0.25, 0.3) is 105 Å². The molecule has 3 heterocycles. The first-order valence-electron chi connectivity index (χ1n) is 21.6. The van der Waals surface area contributed by atoms with Crippen LogP contribution in [0.1, 0.15) is 17.0 Å². The van der Waals surface area contributed by atoms with Crippen LogP contribution in [0.4, 0.5) is 0 Å². The molecule has 1 aliphatic heterocycles. The number of hydrogen-bond donors (Lipinski definition) is 0. The average Bonchev–Trinajstić information content (AvgIpc) is 4.04. The van der Waals surface area contributed by atoms with Crippen molar-refractivity contribution in [2.24, 2.45) is 0 Å². The van der Waals surface area contributed by atoms with Crippen molar-refractivity contribution in [3.05, 3.63) is 230 Å². The maximum Gasteiger partial charge on any atom is 0.135 e. The fraction of sp³-hybridized carbons (Fsp3) is 0.0333. The summed E-state index contributed by atoms with van der Waals surface area (Å²) >= 11 is 0. The highest BCUT2D eigenvalue weighted by Crippen LogP contribution is 2.44. The van der Waals surface area contributed by atoms with Gasteiger partial charge in [0, 0.05) is 33.0 Å². The van der Waals surface area contributed by atoms with E-state index < -0.39 is 0 Å². The first kappa shape index (κ1) is 35.6. The Labute approximate surface area is 364 Å². The van der Waals surface area contributed by atoms with E-state index in [-0.39, 0.29) is 12.0 Å². The molecule has 2 aliphatic rings. The summed E-state index contributed by atoms with van der Waals surface area (Å²) in [6, 6.07) is 71.8. The largest absolute Gasteiger partial charge is 0.485 e. The molecule has 3 heteroatoms. The van der Waals surface area contributed by atoms with Gasteiger partial charge in [0.15, 0.2) is 0 Å². The quantitative estimate of drug-likeness (QED) is 0.168. The van der Waals surface area contributed by atoms with Gasteiger partial charge in [0.25, 0.3) is 0 Å². The summed E-state index contributed by atoms with van der Waals surface area (Å²) in [6.07, 6.45) is 6.84. The molecule has 0 N–H and O–H groups in total. The number of rotatable bonds is 6. The van der Waals surface area contributed by atoms with Gasteiger partial charge in [-0.2, -0.15) is 0 Å². The third kappa shape index (κ3) is 6.12. The molecule has 0 bridgehead atoms. The van der Waals surface area contributed by atoms with Gasteiger partial charge in [-0.15, -0.1) is 0 Å². The van der Waals surface area contributed by atoms with E-state index in [1.807, 2.05) is 30.3 Å². The van der Waals surface area contributed by atoms with E-state index in [4.69, 9.17) is 13.6 Å². The molecule has 2 atom stereocenters. The first-order valence-corrected chi connectivity index (χ1v) is 21.6. The number of allylic oxidation sites excluding steroid dienone is 2. The summed E-state index contributed by atoms with van der Waals surface area (Å²) < 4.78 is 18.7. The lowest BCUT2D eigenvalue weighted by Crippen LogP contribution is -2.16. The van der Waals surface area contributed by atoms with Crippen molar-refractivity contribution in [2.45, 2.75) is 12.0 Å². The van der Waals surface area contributed by atoms with Crippen molar-refractivity contribution in [1.82, 2.24) is 0 Å². The van der Waals surface area contributed by atoms with E-state index in [1.165, 1.54) is 16.7 Å². The van der Waals surface area contributed by atoms with Gasteiger partial charge >= 0.3 is 0 Å². The molecule has 2 unspecified atom stereocenters. The highest BCUT2D eigenvalue weighted by atomic mass is 16.5. The molecule has 63 heavy (non-hydrogen) atoms. The molecular formula is C60H38O3. The summed E-state index contributed by atoms with van der Waals surface area (Å²) in [6.45, 7) is 0. The zero-order valence-electron chi connectivity index (χ0n) is 34.2. The topological polar surface area (TPSA) is 35.5 Å². The third-order valence-electron chi connectivity index (χ3n) is 13.0. The van der Waals surface area contributed by atoms with Gasteiger partial charge in [-0.1, -0.05) is 133 Å². The Morgan fingerprint density at radius 1 is 0.317 bits per heavy atom. The van der Waals surface area contributed by atoms with E-state index in [9.17, 15) is 0 Å². The first-order chi connectivity index (χ1) is 31.1. The van der Waals surface area contributed by atoms with Crippen molar-refractivity contribution in [3.63, 3.8) is 0 Å². The molecule has 13 rings (SSSR count). The minimum absolute atomic E-state index is 0.0296. The third-order valence-corrected chi connectivity index (χ3v) is 13.0. The van der Waals surface area contributed by atoms with Crippen molar-refractivity contribution in [1.29, 1.82) is 0 Å². The molecule has 0 spiro atoms. The molecule has 11 aromatic rings. The molecular weight excluding hydrogens is 769 g/mol. The van der Waals surface area contributed by atoms with E-state index in [2.05, 4.69) is 188 Å². The van der Waals surface area contributed by atoms with Crippen molar-refractivity contribution >= 4 is 49.5 Å². The molecule has 0 saturated carbocycles. The van der Waals surface area contributed by atoms with E-state index in [0.29, 0.717) is 0 Å². The standard InChI is InChI=1S/C60H38O3/c1-4-19-55-49(16-1)52-34-43(22-25-58(52)61-55)37-10-7-13-40(28-37)46-31-47(41-14-8-11-38(29-41)44-23-26-59-53(35-44)50-17-2-5-20-56(50)62-59)33-48(32-46)42-15-9-12-39(30-42)45-24-27-60-54(36-45)51-18-3-6-21-57(51)63-60/h1-36,52,58H. The van der Waals surface area contributed by atoms with Crippen LogP contribution in [-0.4, -0.2) is 6.10 Å². The predicted octanol–water partition coefficient (Wildman–Crippen LogP) is 16.3. The lowest BCUT2D eigenvalue weighted by molar-refractivity contribution is 0.269. The number of ether oxygens (including phenoxy) is 1. The fourth-order valence-corrected chi connectivity index (χ4v) is 9.82.